The van der Waals surface area contributed by atoms with Gasteiger partial charge >= 0.3 is 24.2 Å². The van der Waals surface area contributed by atoms with Gasteiger partial charge in [0.1, 0.15) is 25.9 Å². The zero-order chi connectivity index (χ0) is 30.0. The summed E-state index contributed by atoms with van der Waals surface area (Å²) in [6.07, 6.45) is -2.46. The van der Waals surface area contributed by atoms with E-state index in [9.17, 15) is 24.3 Å². The molecule has 4 N–H and O–H groups in total. The summed E-state index contributed by atoms with van der Waals surface area (Å²) in [5.74, 6) is -1.49. The SMILES string of the molecule is O=C(/N=C(\NCCC[C@@H](NC(=O)OCc1ccccc1)C(=O)O)NC(=O)OCc1ccccc1)OCc1ccccc1. The summed E-state index contributed by atoms with van der Waals surface area (Å²) in [5.41, 5.74) is 2.27. The third-order valence-corrected chi connectivity index (χ3v) is 5.61. The highest BCUT2D eigenvalue weighted by Crippen LogP contribution is 2.04. The molecule has 0 aliphatic carbocycles. The molecule has 0 aliphatic rings. The molecule has 12 nitrogen and oxygen atoms in total. The lowest BCUT2D eigenvalue weighted by atomic mass is 10.1. The van der Waals surface area contributed by atoms with Gasteiger partial charge in [0.2, 0.25) is 5.96 Å². The Morgan fingerprint density at radius 3 is 1.67 bits per heavy atom. The van der Waals surface area contributed by atoms with Gasteiger partial charge in [0.15, 0.2) is 0 Å². The van der Waals surface area contributed by atoms with E-state index in [2.05, 4.69) is 20.9 Å². The van der Waals surface area contributed by atoms with E-state index in [-0.39, 0.29) is 45.2 Å². The Bertz CT molecular complexity index is 1320. The first-order valence-corrected chi connectivity index (χ1v) is 13.1. The number of nitrogens with zero attached hydrogens (tertiary/aromatic N) is 1. The number of rotatable bonds is 12. The van der Waals surface area contributed by atoms with Gasteiger partial charge < -0.3 is 30.0 Å². The van der Waals surface area contributed by atoms with Crippen molar-refractivity contribution in [3.8, 4) is 0 Å². The van der Waals surface area contributed by atoms with E-state index in [4.69, 9.17) is 14.2 Å². The van der Waals surface area contributed by atoms with Gasteiger partial charge in [0, 0.05) is 6.54 Å². The van der Waals surface area contributed by atoms with Crippen LogP contribution in [0.25, 0.3) is 0 Å². The standard InChI is InChI=1S/C30H32N4O8/c35-26(36)25(32-28(37)40-19-22-11-4-1-5-12-22)17-10-18-31-27(33-29(38)41-20-23-13-6-2-7-14-23)34-30(39)42-21-24-15-8-3-9-16-24/h1-9,11-16,25H,10,17-21H2,(H,32,37)(H,35,36)(H2,31,33,34,38,39)/t25-/m1/s1. The predicted octanol–water partition coefficient (Wildman–Crippen LogP) is 4.36. The Hall–Kier alpha value is -5.39. The summed E-state index contributed by atoms with van der Waals surface area (Å²) >= 11 is 0. The molecule has 12 heteroatoms. The van der Waals surface area contributed by atoms with Crippen LogP contribution < -0.4 is 16.0 Å². The average Bonchev–Trinajstić information content (AvgIpc) is 3.00. The maximum Gasteiger partial charge on any atom is 0.437 e. The molecule has 3 aromatic rings. The second kappa shape index (κ2) is 17.3. The Morgan fingerprint density at radius 2 is 1.17 bits per heavy atom. The minimum absolute atomic E-state index is 0.00714. The number of carbonyl (C=O) groups excluding carboxylic acids is 3. The number of carboxylic acid groups (broad SMARTS) is 1. The fraction of sp³-hybridized carbons (Fsp3) is 0.233. The normalized spacial score (nSPS) is 11.5. The van der Waals surface area contributed by atoms with Gasteiger partial charge in [-0.3, -0.25) is 5.32 Å². The van der Waals surface area contributed by atoms with Crippen molar-refractivity contribution in [3.63, 3.8) is 0 Å². The fourth-order valence-corrected chi connectivity index (χ4v) is 3.49. The number of aliphatic imine (C=N–C) groups is 1. The van der Waals surface area contributed by atoms with Crippen LogP contribution in [-0.2, 0) is 38.8 Å². The average molecular weight is 577 g/mol. The molecule has 0 radical (unpaired) electrons. The number of hydrogen-bond donors (Lipinski definition) is 4. The fourth-order valence-electron chi connectivity index (χ4n) is 3.49. The monoisotopic (exact) mass is 576 g/mol. The van der Waals surface area contributed by atoms with Crippen LogP contribution in [0.5, 0.6) is 0 Å². The van der Waals surface area contributed by atoms with Crippen LogP contribution in [0.1, 0.15) is 29.5 Å². The van der Waals surface area contributed by atoms with Crippen LogP contribution in [0.2, 0.25) is 0 Å². The zero-order valence-electron chi connectivity index (χ0n) is 22.7. The van der Waals surface area contributed by atoms with E-state index < -0.39 is 30.3 Å². The maximum absolute atomic E-state index is 12.4. The topological polar surface area (TPSA) is 165 Å². The van der Waals surface area contributed by atoms with Gasteiger partial charge in [-0.1, -0.05) is 91.0 Å². The molecule has 0 aliphatic heterocycles. The van der Waals surface area contributed by atoms with Crippen molar-refractivity contribution in [1.29, 1.82) is 0 Å². The number of nitrogens with one attached hydrogen (secondary N) is 3. The first-order valence-electron chi connectivity index (χ1n) is 13.1. The zero-order valence-corrected chi connectivity index (χ0v) is 22.7. The second-order valence-electron chi connectivity index (χ2n) is 8.85. The largest absolute Gasteiger partial charge is 0.480 e. The van der Waals surface area contributed by atoms with Crippen LogP contribution in [0.4, 0.5) is 14.4 Å². The van der Waals surface area contributed by atoms with Crippen molar-refractivity contribution in [2.24, 2.45) is 4.99 Å². The van der Waals surface area contributed by atoms with Crippen molar-refractivity contribution in [2.45, 2.75) is 38.7 Å². The third kappa shape index (κ3) is 12.2. The van der Waals surface area contributed by atoms with Crippen molar-refractivity contribution >= 4 is 30.2 Å². The molecule has 1 atom stereocenters. The minimum atomic E-state index is -1.24. The highest BCUT2D eigenvalue weighted by Gasteiger charge is 2.20. The first kappa shape index (κ1) is 31.1. The van der Waals surface area contributed by atoms with Gasteiger partial charge in [-0.05, 0) is 29.5 Å². The van der Waals surface area contributed by atoms with Crippen molar-refractivity contribution < 1.29 is 38.5 Å². The van der Waals surface area contributed by atoms with Gasteiger partial charge in [0.25, 0.3) is 0 Å². The number of benzene rings is 3. The van der Waals surface area contributed by atoms with Crippen LogP contribution in [0.3, 0.4) is 0 Å². The molecule has 0 saturated carbocycles. The summed E-state index contributed by atoms with van der Waals surface area (Å²) in [6.45, 7) is 0.0487. The second-order valence-corrected chi connectivity index (χ2v) is 8.85. The molecule has 0 aromatic heterocycles. The first-order chi connectivity index (χ1) is 20.4. The Labute approximate surface area is 242 Å². The summed E-state index contributed by atoms with van der Waals surface area (Å²) < 4.78 is 15.4. The Balaban J connectivity index is 1.51. The van der Waals surface area contributed by atoms with Crippen LogP contribution in [0.15, 0.2) is 96.0 Å². The quantitative estimate of drug-likeness (QED) is 0.106. The van der Waals surface area contributed by atoms with Crippen LogP contribution in [-0.4, -0.2) is 47.9 Å². The summed E-state index contributed by atoms with van der Waals surface area (Å²) in [7, 11) is 0. The summed E-state index contributed by atoms with van der Waals surface area (Å²) in [5, 5.41) is 17.0. The Morgan fingerprint density at radius 1 is 0.690 bits per heavy atom. The number of amides is 3. The molecule has 42 heavy (non-hydrogen) atoms. The van der Waals surface area contributed by atoms with Crippen molar-refractivity contribution in [1.82, 2.24) is 16.0 Å². The van der Waals surface area contributed by atoms with E-state index in [1.54, 1.807) is 72.8 Å². The molecule has 0 saturated heterocycles. The molecule has 220 valence electrons. The molecular weight excluding hydrogens is 544 g/mol. The van der Waals surface area contributed by atoms with E-state index in [0.29, 0.717) is 0 Å². The summed E-state index contributed by atoms with van der Waals surface area (Å²) in [4.78, 5) is 52.2. The van der Waals surface area contributed by atoms with E-state index in [1.807, 2.05) is 18.2 Å². The lowest BCUT2D eigenvalue weighted by Crippen LogP contribution is -2.44. The number of hydrogen-bond acceptors (Lipinski definition) is 7. The molecule has 3 rings (SSSR count). The minimum Gasteiger partial charge on any atom is -0.480 e. The number of aliphatic carboxylic acids is 1. The highest BCUT2D eigenvalue weighted by atomic mass is 16.6. The molecule has 0 unspecified atom stereocenters. The number of carbonyl (C=O) groups is 4. The van der Waals surface area contributed by atoms with Crippen molar-refractivity contribution in [3.05, 3.63) is 108 Å². The predicted molar refractivity (Wildman–Crippen MR) is 152 cm³/mol. The molecule has 0 heterocycles. The van der Waals surface area contributed by atoms with Gasteiger partial charge in [-0.25, -0.2) is 19.2 Å². The van der Waals surface area contributed by atoms with E-state index >= 15 is 0 Å². The summed E-state index contributed by atoms with van der Waals surface area (Å²) in [6, 6.07) is 25.7. The number of guanidine groups is 1. The molecule has 0 fully saturated rings. The molecule has 3 amide bonds. The van der Waals surface area contributed by atoms with E-state index in [0.717, 1.165) is 16.7 Å². The van der Waals surface area contributed by atoms with E-state index in [1.165, 1.54) is 0 Å². The Kier molecular flexibility index (Phi) is 12.9. The van der Waals surface area contributed by atoms with Gasteiger partial charge in [-0.15, -0.1) is 4.99 Å². The number of ether oxygens (including phenoxy) is 3. The lowest BCUT2D eigenvalue weighted by molar-refractivity contribution is -0.139. The lowest BCUT2D eigenvalue weighted by Gasteiger charge is -2.16. The molecule has 3 aromatic carbocycles. The van der Waals surface area contributed by atoms with Crippen LogP contribution >= 0.6 is 0 Å². The number of alkyl carbamates (subject to hydrolysis) is 2. The number of carboxylic acids is 1. The molecular formula is C30H32N4O8. The smallest absolute Gasteiger partial charge is 0.437 e. The third-order valence-electron chi connectivity index (χ3n) is 5.61. The highest BCUT2D eigenvalue weighted by molar-refractivity contribution is 5.98. The maximum atomic E-state index is 12.4. The van der Waals surface area contributed by atoms with Gasteiger partial charge in [0.05, 0.1) is 0 Å². The molecule has 0 spiro atoms. The van der Waals surface area contributed by atoms with Crippen molar-refractivity contribution in [2.75, 3.05) is 6.54 Å². The van der Waals surface area contributed by atoms with Gasteiger partial charge in [-0.2, -0.15) is 0 Å². The van der Waals surface area contributed by atoms with Crippen LogP contribution in [0, 0.1) is 0 Å². The molecule has 0 bridgehead atoms.